The highest BCUT2D eigenvalue weighted by molar-refractivity contribution is 5.78. The van der Waals surface area contributed by atoms with Gasteiger partial charge in [-0.3, -0.25) is 14.4 Å². The summed E-state index contributed by atoms with van der Waals surface area (Å²) in [5, 5.41) is 12.5. The molecule has 202 valence electrons. The molecule has 0 aromatic heterocycles. The molecule has 1 aromatic rings. The van der Waals surface area contributed by atoms with Gasteiger partial charge in [-0.1, -0.05) is 54.5 Å². The molecule has 1 aromatic carbocycles. The largest absolute Gasteiger partial charge is 0.508 e. The van der Waals surface area contributed by atoms with Crippen LogP contribution in [0, 0.1) is 17.3 Å². The third kappa shape index (κ3) is 11.5. The summed E-state index contributed by atoms with van der Waals surface area (Å²) in [5.41, 5.74) is 0.323. The number of rotatable bonds is 12. The van der Waals surface area contributed by atoms with E-state index in [1.807, 2.05) is 20.8 Å². The second kappa shape index (κ2) is 13.8. The Kier molecular flexibility index (Phi) is 11.9. The van der Waals surface area contributed by atoms with Crippen LogP contribution < -0.4 is 14.8 Å². The van der Waals surface area contributed by atoms with Crippen molar-refractivity contribution >= 4 is 24.1 Å². The molecule has 0 radical (unpaired) electrons. The number of ether oxygens (including phenoxy) is 4. The number of hydrogen-bond acceptors (Lipinski definition) is 9. The van der Waals surface area contributed by atoms with Crippen LogP contribution >= 0.6 is 0 Å². The lowest BCUT2D eigenvalue weighted by molar-refractivity contribution is -0.140. The topological polar surface area (TPSA) is 137 Å². The predicted molar refractivity (Wildman–Crippen MR) is 132 cm³/mol. The number of carbonyl (C=O) groups excluding carboxylic acids is 3. The molecule has 0 amide bonds. The molecule has 0 aliphatic carbocycles. The third-order valence-electron chi connectivity index (χ3n) is 4.68. The minimum atomic E-state index is -1.12. The SMILES string of the molecule is CC(CN[C@@H](Cc1ccc(OC(=O)C(C)C)c(OC(=O)C(C)C)c1)C(=O)O)OC(=O)OCC(C)(C)C. The smallest absolute Gasteiger partial charge is 0.480 e. The highest BCUT2D eigenvalue weighted by Gasteiger charge is 2.23. The van der Waals surface area contributed by atoms with E-state index in [2.05, 4.69) is 5.32 Å². The van der Waals surface area contributed by atoms with E-state index in [1.54, 1.807) is 40.7 Å². The third-order valence-corrected chi connectivity index (χ3v) is 4.68. The van der Waals surface area contributed by atoms with Gasteiger partial charge in [-0.05, 0) is 36.5 Å². The zero-order chi connectivity index (χ0) is 27.6. The van der Waals surface area contributed by atoms with Crippen molar-refractivity contribution in [1.29, 1.82) is 0 Å². The first kappa shape index (κ1) is 30.9. The van der Waals surface area contributed by atoms with E-state index in [4.69, 9.17) is 18.9 Å². The van der Waals surface area contributed by atoms with Crippen molar-refractivity contribution in [1.82, 2.24) is 5.32 Å². The number of aliphatic carboxylic acids is 1. The zero-order valence-electron chi connectivity index (χ0n) is 22.4. The number of esters is 2. The molecule has 1 unspecified atom stereocenters. The van der Waals surface area contributed by atoms with Crippen molar-refractivity contribution in [2.75, 3.05) is 13.2 Å². The van der Waals surface area contributed by atoms with Gasteiger partial charge in [-0.25, -0.2) is 4.79 Å². The standard InChI is InChI=1S/C26H39NO9/c1-15(2)23(30)35-20-10-9-18(12-21(20)36-24(31)16(3)4)11-19(22(28)29)27-13-17(5)34-25(32)33-14-26(6,7)8/h9-10,12,15-17,19,27H,11,13-14H2,1-8H3,(H,28,29)/t17?,19-/m0/s1. The summed E-state index contributed by atoms with van der Waals surface area (Å²) in [7, 11) is 0. The van der Waals surface area contributed by atoms with Crippen LogP contribution in [0.15, 0.2) is 18.2 Å². The lowest BCUT2D eigenvalue weighted by Crippen LogP contribution is -2.42. The highest BCUT2D eigenvalue weighted by atomic mass is 16.7. The minimum Gasteiger partial charge on any atom is -0.480 e. The van der Waals surface area contributed by atoms with Gasteiger partial charge in [-0.2, -0.15) is 0 Å². The van der Waals surface area contributed by atoms with Crippen molar-refractivity contribution in [2.24, 2.45) is 17.3 Å². The van der Waals surface area contributed by atoms with Crippen LogP contribution in [-0.4, -0.2) is 54.5 Å². The molecule has 0 bridgehead atoms. The fraction of sp³-hybridized carbons (Fsp3) is 0.615. The van der Waals surface area contributed by atoms with Gasteiger partial charge in [0.25, 0.3) is 0 Å². The van der Waals surface area contributed by atoms with E-state index in [-0.39, 0.29) is 36.5 Å². The maximum atomic E-state index is 12.2. The Balaban J connectivity index is 2.91. The fourth-order valence-corrected chi connectivity index (χ4v) is 2.60. The number of benzene rings is 1. The van der Waals surface area contributed by atoms with Crippen LogP contribution in [0.25, 0.3) is 0 Å². The normalized spacial score (nSPS) is 13.2. The van der Waals surface area contributed by atoms with E-state index in [9.17, 15) is 24.3 Å². The van der Waals surface area contributed by atoms with E-state index in [0.717, 1.165) is 0 Å². The Bertz CT molecular complexity index is 918. The van der Waals surface area contributed by atoms with Gasteiger partial charge in [0.1, 0.15) is 12.1 Å². The molecule has 0 fully saturated rings. The first-order valence-corrected chi connectivity index (χ1v) is 11.9. The molecule has 0 aliphatic rings. The van der Waals surface area contributed by atoms with Gasteiger partial charge in [0.15, 0.2) is 11.5 Å². The molecule has 0 aliphatic heterocycles. The summed E-state index contributed by atoms with van der Waals surface area (Å²) in [4.78, 5) is 47.9. The second-order valence-corrected chi connectivity index (χ2v) is 10.5. The van der Waals surface area contributed by atoms with Crippen LogP contribution in [0.3, 0.4) is 0 Å². The number of carboxylic acids is 1. The summed E-state index contributed by atoms with van der Waals surface area (Å²) in [6.07, 6.45) is -1.44. The molecular weight excluding hydrogens is 470 g/mol. The Hall–Kier alpha value is -3.14. The van der Waals surface area contributed by atoms with Crippen LogP contribution in [0.1, 0.15) is 61.0 Å². The van der Waals surface area contributed by atoms with Gasteiger partial charge in [0.05, 0.1) is 18.4 Å². The Morgan fingerprint density at radius 1 is 0.917 bits per heavy atom. The predicted octanol–water partition coefficient (Wildman–Crippen LogP) is 3.98. The lowest BCUT2D eigenvalue weighted by atomic mass is 9.99. The monoisotopic (exact) mass is 509 g/mol. The van der Waals surface area contributed by atoms with E-state index in [1.165, 1.54) is 12.1 Å². The molecule has 1 rings (SSSR count). The summed E-state index contributed by atoms with van der Waals surface area (Å²) in [6.45, 7) is 14.3. The molecule has 2 N–H and O–H groups in total. The number of carboxylic acid groups (broad SMARTS) is 1. The van der Waals surface area contributed by atoms with Gasteiger partial charge >= 0.3 is 24.1 Å². The molecule has 0 saturated carbocycles. The molecule has 10 nitrogen and oxygen atoms in total. The van der Waals surface area contributed by atoms with E-state index >= 15 is 0 Å². The number of hydrogen-bond donors (Lipinski definition) is 2. The van der Waals surface area contributed by atoms with Crippen LogP contribution in [0.4, 0.5) is 4.79 Å². The summed E-state index contributed by atoms with van der Waals surface area (Å²) >= 11 is 0. The fourth-order valence-electron chi connectivity index (χ4n) is 2.60. The summed E-state index contributed by atoms with van der Waals surface area (Å²) in [6, 6.07) is 3.51. The van der Waals surface area contributed by atoms with E-state index in [0.29, 0.717) is 5.56 Å². The maximum absolute atomic E-state index is 12.2. The molecule has 36 heavy (non-hydrogen) atoms. The Labute approximate surface area is 212 Å². The first-order valence-electron chi connectivity index (χ1n) is 11.9. The summed E-state index contributed by atoms with van der Waals surface area (Å²) < 4.78 is 21.0. The zero-order valence-corrected chi connectivity index (χ0v) is 22.4. The highest BCUT2D eigenvalue weighted by Crippen LogP contribution is 2.30. The molecule has 10 heteroatoms. The van der Waals surface area contributed by atoms with Crippen molar-refractivity contribution in [2.45, 2.75) is 74.0 Å². The molecule has 0 spiro atoms. The molecule has 0 saturated heterocycles. The molecular formula is C26H39NO9. The van der Waals surface area contributed by atoms with Crippen molar-refractivity contribution < 1.29 is 43.2 Å². The maximum Gasteiger partial charge on any atom is 0.508 e. The minimum absolute atomic E-state index is 0.0289. The van der Waals surface area contributed by atoms with E-state index < -0.39 is 48.0 Å². The first-order chi connectivity index (χ1) is 16.6. The Morgan fingerprint density at radius 2 is 1.47 bits per heavy atom. The summed E-state index contributed by atoms with van der Waals surface area (Å²) in [5.74, 6) is -2.85. The van der Waals surface area contributed by atoms with Gasteiger partial charge < -0.3 is 29.4 Å². The van der Waals surface area contributed by atoms with Gasteiger partial charge in [0.2, 0.25) is 0 Å². The molecule has 0 heterocycles. The quantitative estimate of drug-likeness (QED) is 0.314. The number of carbonyl (C=O) groups is 4. The van der Waals surface area contributed by atoms with Crippen molar-refractivity contribution in [3.8, 4) is 11.5 Å². The van der Waals surface area contributed by atoms with Gasteiger partial charge in [0, 0.05) is 6.54 Å². The van der Waals surface area contributed by atoms with Crippen molar-refractivity contribution in [3.05, 3.63) is 23.8 Å². The average Bonchev–Trinajstić information content (AvgIpc) is 2.75. The average molecular weight is 510 g/mol. The second-order valence-electron chi connectivity index (χ2n) is 10.5. The Morgan fingerprint density at radius 3 is 1.97 bits per heavy atom. The van der Waals surface area contributed by atoms with Gasteiger partial charge in [-0.15, -0.1) is 0 Å². The number of nitrogens with one attached hydrogen (secondary N) is 1. The van der Waals surface area contributed by atoms with Crippen LogP contribution in [0.5, 0.6) is 11.5 Å². The molecule has 2 atom stereocenters. The van der Waals surface area contributed by atoms with Crippen LogP contribution in [0.2, 0.25) is 0 Å². The van der Waals surface area contributed by atoms with Crippen molar-refractivity contribution in [3.63, 3.8) is 0 Å². The lowest BCUT2D eigenvalue weighted by Gasteiger charge is -2.21. The van der Waals surface area contributed by atoms with Crippen LogP contribution in [-0.2, 0) is 30.3 Å².